The summed E-state index contributed by atoms with van der Waals surface area (Å²) >= 11 is 0. The summed E-state index contributed by atoms with van der Waals surface area (Å²) in [5.74, 6) is 1.84. The molecule has 0 amide bonds. The van der Waals surface area contributed by atoms with E-state index in [1.807, 2.05) is 62.4 Å². The molecule has 4 aliphatic heterocycles. The summed E-state index contributed by atoms with van der Waals surface area (Å²) in [5.41, 5.74) is 4.85. The van der Waals surface area contributed by atoms with Crippen molar-refractivity contribution in [2.45, 2.75) is 56.5 Å². The predicted octanol–water partition coefficient (Wildman–Crippen LogP) is 5.67. The minimum absolute atomic E-state index is 0.0242. The van der Waals surface area contributed by atoms with Crippen LogP contribution in [0.2, 0.25) is 0 Å². The number of fused-ring (bicyclic) bond motifs is 4. The van der Waals surface area contributed by atoms with Gasteiger partial charge < -0.3 is 34.6 Å². The molecule has 10 heteroatoms. The van der Waals surface area contributed by atoms with E-state index in [-0.39, 0.29) is 24.4 Å². The van der Waals surface area contributed by atoms with Crippen LogP contribution < -0.4 is 10.6 Å². The molecule has 0 aliphatic carbocycles. The van der Waals surface area contributed by atoms with E-state index in [2.05, 4.69) is 26.8 Å². The van der Waals surface area contributed by atoms with Crippen molar-refractivity contribution in [3.63, 3.8) is 0 Å². The zero-order valence-electron chi connectivity index (χ0n) is 24.8. The second-order valence-corrected chi connectivity index (χ2v) is 12.3. The van der Waals surface area contributed by atoms with Gasteiger partial charge in [-0.15, -0.1) is 0 Å². The van der Waals surface area contributed by atoms with Crippen LogP contribution in [0.3, 0.4) is 0 Å². The lowest BCUT2D eigenvalue weighted by Gasteiger charge is -2.46. The van der Waals surface area contributed by atoms with Gasteiger partial charge in [-0.1, -0.05) is 41.6 Å². The lowest BCUT2D eigenvalue weighted by Crippen LogP contribution is -2.51. The summed E-state index contributed by atoms with van der Waals surface area (Å²) in [6, 6.07) is 17.6. The smallest absolute Gasteiger partial charge is 0.261 e. The van der Waals surface area contributed by atoms with E-state index >= 15 is 0 Å². The third-order valence-corrected chi connectivity index (χ3v) is 9.31. The fourth-order valence-corrected chi connectivity index (χ4v) is 6.71. The standard InChI is InChI=1S/C33H38N6O4/c1-32(2)25-17-22(9-10-23(25)30(41-3)42-32)35-28-18-26(36-27(20-40)21-7-5-4-6-8-21)24(19-34-28)29-37-31(38-43-29)33-11-14-39(15-12-33)16-13-33/h4-10,17-19,27,30,40H,11-16,20H2,1-3H3,(H2,34,35,36)/t27-,30-/m1/s1. The van der Waals surface area contributed by atoms with E-state index in [1.165, 1.54) is 0 Å². The first-order valence-corrected chi connectivity index (χ1v) is 15.0. The highest BCUT2D eigenvalue weighted by Gasteiger charge is 2.44. The molecule has 8 rings (SSSR count). The van der Waals surface area contributed by atoms with Crippen molar-refractivity contribution >= 4 is 17.2 Å². The van der Waals surface area contributed by atoms with Crippen LogP contribution in [0.25, 0.3) is 11.5 Å². The van der Waals surface area contributed by atoms with Crippen LogP contribution in [0.15, 0.2) is 65.3 Å². The van der Waals surface area contributed by atoms with Gasteiger partial charge in [0.15, 0.2) is 12.1 Å². The van der Waals surface area contributed by atoms with Crippen LogP contribution >= 0.6 is 0 Å². The number of aliphatic hydroxyl groups excluding tert-OH is 1. The SMILES string of the molecule is CO[C@@H]1OC(C)(C)c2cc(Nc3cc(N[C@H](CO)c4ccccc4)c(-c4nc(C56CCN(CC5)CC6)no4)cn3)ccc21. The zero-order valence-corrected chi connectivity index (χ0v) is 24.8. The molecule has 3 saturated heterocycles. The average molecular weight is 583 g/mol. The third kappa shape index (κ3) is 5.18. The first kappa shape index (κ1) is 28.0. The number of ether oxygens (including phenoxy) is 2. The number of nitrogens with one attached hydrogen (secondary N) is 2. The number of aliphatic hydroxyl groups is 1. The normalized spacial score (nSPS) is 24.5. The van der Waals surface area contributed by atoms with E-state index in [0.29, 0.717) is 17.3 Å². The van der Waals surface area contributed by atoms with Crippen molar-refractivity contribution < 1.29 is 19.1 Å². The number of anilines is 3. The van der Waals surface area contributed by atoms with Crippen LogP contribution in [-0.2, 0) is 20.5 Å². The topological polar surface area (TPSA) is 118 Å². The van der Waals surface area contributed by atoms with Crippen LogP contribution in [0.4, 0.5) is 17.2 Å². The van der Waals surface area contributed by atoms with Crippen LogP contribution in [0.5, 0.6) is 0 Å². The van der Waals surface area contributed by atoms with Crippen LogP contribution in [0, 0.1) is 0 Å². The van der Waals surface area contributed by atoms with Crippen molar-refractivity contribution in [1.29, 1.82) is 0 Å². The van der Waals surface area contributed by atoms with Gasteiger partial charge in [0.1, 0.15) is 5.82 Å². The highest BCUT2D eigenvalue weighted by molar-refractivity contribution is 5.76. The van der Waals surface area contributed by atoms with E-state index in [9.17, 15) is 5.11 Å². The van der Waals surface area contributed by atoms with Crippen LogP contribution in [0.1, 0.15) is 68.0 Å². The zero-order chi connectivity index (χ0) is 29.6. The van der Waals surface area contributed by atoms with Gasteiger partial charge in [0.2, 0.25) is 0 Å². The molecule has 2 bridgehead atoms. The number of pyridine rings is 1. The number of nitrogens with zero attached hydrogens (tertiary/aromatic N) is 4. The van der Waals surface area contributed by atoms with E-state index in [1.54, 1.807) is 13.3 Å². The summed E-state index contributed by atoms with van der Waals surface area (Å²) in [7, 11) is 1.65. The van der Waals surface area contributed by atoms with Crippen molar-refractivity contribution in [2.75, 3.05) is 44.0 Å². The maximum absolute atomic E-state index is 10.4. The molecule has 0 unspecified atom stereocenters. The summed E-state index contributed by atoms with van der Waals surface area (Å²) in [4.78, 5) is 12.2. The van der Waals surface area contributed by atoms with E-state index < -0.39 is 5.60 Å². The quantitative estimate of drug-likeness (QED) is 0.228. The molecule has 10 nitrogen and oxygen atoms in total. The molecule has 43 heavy (non-hydrogen) atoms. The third-order valence-electron chi connectivity index (χ3n) is 9.31. The molecule has 224 valence electrons. The Morgan fingerprint density at radius 2 is 1.84 bits per heavy atom. The maximum atomic E-state index is 10.4. The summed E-state index contributed by atoms with van der Waals surface area (Å²) < 4.78 is 17.5. The summed E-state index contributed by atoms with van der Waals surface area (Å²) in [6.07, 6.45) is 4.51. The monoisotopic (exact) mass is 582 g/mol. The van der Waals surface area contributed by atoms with Gasteiger partial charge in [-0.2, -0.15) is 4.98 Å². The maximum Gasteiger partial charge on any atom is 0.261 e. The Kier molecular flexibility index (Phi) is 7.17. The summed E-state index contributed by atoms with van der Waals surface area (Å²) in [5, 5.41) is 21.8. The lowest BCUT2D eigenvalue weighted by atomic mass is 9.71. The van der Waals surface area contributed by atoms with Gasteiger partial charge in [0.05, 0.1) is 29.5 Å². The average Bonchev–Trinajstić information content (AvgIpc) is 3.64. The number of aromatic nitrogens is 3. The fourth-order valence-electron chi connectivity index (χ4n) is 6.71. The fraction of sp³-hybridized carbons (Fsp3) is 0.424. The first-order chi connectivity index (χ1) is 20.9. The van der Waals surface area contributed by atoms with Crippen LogP contribution in [-0.4, -0.2) is 58.5 Å². The number of methoxy groups -OCH3 is 1. The van der Waals surface area contributed by atoms with Crippen molar-refractivity contribution in [1.82, 2.24) is 20.0 Å². The van der Waals surface area contributed by atoms with Crippen molar-refractivity contribution in [3.8, 4) is 11.5 Å². The molecule has 3 N–H and O–H groups in total. The molecule has 2 atom stereocenters. The molecule has 4 aliphatic rings. The molecule has 0 spiro atoms. The molecule has 2 aromatic heterocycles. The minimum atomic E-state index is -0.480. The summed E-state index contributed by atoms with van der Waals surface area (Å²) in [6.45, 7) is 7.21. The second kappa shape index (κ2) is 11.0. The molecular formula is C33H38N6O4. The molecule has 0 radical (unpaired) electrons. The van der Waals surface area contributed by atoms with Crippen molar-refractivity contribution in [2.24, 2.45) is 0 Å². The van der Waals surface area contributed by atoms with Gasteiger partial charge in [-0.25, -0.2) is 4.98 Å². The minimum Gasteiger partial charge on any atom is -0.394 e. The van der Waals surface area contributed by atoms with Gasteiger partial charge in [0.25, 0.3) is 5.89 Å². The van der Waals surface area contributed by atoms with E-state index in [4.69, 9.17) is 24.0 Å². The number of rotatable bonds is 9. The highest BCUT2D eigenvalue weighted by Crippen LogP contribution is 2.45. The molecule has 2 aromatic carbocycles. The lowest BCUT2D eigenvalue weighted by molar-refractivity contribution is -0.175. The number of piperidine rings is 3. The van der Waals surface area contributed by atoms with Gasteiger partial charge >= 0.3 is 0 Å². The Bertz CT molecular complexity index is 1580. The molecule has 0 saturated carbocycles. The molecular weight excluding hydrogens is 544 g/mol. The number of hydrogen-bond donors (Lipinski definition) is 3. The number of benzene rings is 2. The Hall–Kier alpha value is -3.83. The first-order valence-electron chi connectivity index (χ1n) is 15.0. The van der Waals surface area contributed by atoms with Gasteiger partial charge in [-0.3, -0.25) is 0 Å². The largest absolute Gasteiger partial charge is 0.394 e. The Labute approximate surface area is 251 Å². The molecule has 3 fully saturated rings. The van der Waals surface area contributed by atoms with Gasteiger partial charge in [-0.05, 0) is 76.0 Å². The second-order valence-electron chi connectivity index (χ2n) is 12.3. The van der Waals surface area contributed by atoms with E-state index in [0.717, 1.165) is 72.8 Å². The Morgan fingerprint density at radius 1 is 1.07 bits per heavy atom. The molecule has 6 heterocycles. The molecule has 4 aromatic rings. The predicted molar refractivity (Wildman–Crippen MR) is 163 cm³/mol. The Morgan fingerprint density at radius 3 is 2.56 bits per heavy atom. The number of hydrogen-bond acceptors (Lipinski definition) is 10. The Balaban J connectivity index is 1.23. The highest BCUT2D eigenvalue weighted by atomic mass is 16.7. The van der Waals surface area contributed by atoms with Gasteiger partial charge in [0, 0.05) is 36.0 Å². The van der Waals surface area contributed by atoms with Crippen molar-refractivity contribution in [3.05, 3.63) is 83.3 Å².